The molecule has 0 radical (unpaired) electrons. The fourth-order valence-electron chi connectivity index (χ4n) is 1.78. The molecule has 0 amide bonds. The van der Waals surface area contributed by atoms with Crippen molar-refractivity contribution in [2.75, 3.05) is 12.4 Å². The van der Waals surface area contributed by atoms with E-state index in [1.807, 2.05) is 0 Å². The number of benzene rings is 1. The van der Waals surface area contributed by atoms with Gasteiger partial charge in [-0.1, -0.05) is 23.5 Å². The molecule has 0 spiro atoms. The van der Waals surface area contributed by atoms with Crippen LogP contribution in [0.2, 0.25) is 0 Å². The van der Waals surface area contributed by atoms with Crippen LogP contribution in [0.5, 0.6) is 0 Å². The number of aromatic nitrogens is 1. The molecule has 0 unspecified atom stereocenters. The van der Waals surface area contributed by atoms with Gasteiger partial charge < -0.3 is 10.4 Å². The second-order valence-electron chi connectivity index (χ2n) is 4.09. The number of rotatable bonds is 4. The van der Waals surface area contributed by atoms with Crippen LogP contribution >= 0.6 is 11.3 Å². The minimum Gasteiger partial charge on any atom is -0.478 e. The lowest BCUT2D eigenvalue weighted by molar-refractivity contribution is -0.131. The minimum absolute atomic E-state index is 0.360. The van der Waals surface area contributed by atoms with Crippen molar-refractivity contribution in [3.63, 3.8) is 0 Å². The van der Waals surface area contributed by atoms with Gasteiger partial charge in [0.05, 0.1) is 10.6 Å². The number of anilines is 1. The van der Waals surface area contributed by atoms with Crippen LogP contribution in [0.3, 0.4) is 0 Å². The molecule has 1 aromatic heterocycles. The highest BCUT2D eigenvalue weighted by Crippen LogP contribution is 2.36. The Balaban J connectivity index is 2.61. The third-order valence-electron chi connectivity index (χ3n) is 2.67. The summed E-state index contributed by atoms with van der Waals surface area (Å²) >= 11 is 1.29. The number of carboxylic acid groups (broad SMARTS) is 1. The van der Waals surface area contributed by atoms with Crippen LogP contribution in [0, 0.1) is 5.82 Å². The summed E-state index contributed by atoms with van der Waals surface area (Å²) in [5.41, 5.74) is 1.35. The first-order valence-electron chi connectivity index (χ1n) is 5.88. The zero-order valence-corrected chi connectivity index (χ0v) is 11.8. The maximum absolute atomic E-state index is 13.9. The highest BCUT2D eigenvalue weighted by atomic mass is 32.1. The molecular formula is C14H13FN2O2S. The first-order chi connectivity index (χ1) is 9.52. The van der Waals surface area contributed by atoms with Crippen LogP contribution in [0.1, 0.15) is 11.8 Å². The van der Waals surface area contributed by atoms with Crippen molar-refractivity contribution in [2.24, 2.45) is 0 Å². The zero-order chi connectivity index (χ0) is 14.7. The Morgan fingerprint density at radius 2 is 2.15 bits per heavy atom. The molecule has 4 nitrogen and oxygen atoms in total. The van der Waals surface area contributed by atoms with Gasteiger partial charge in [-0.15, -0.1) is 0 Å². The number of nitrogens with one attached hydrogen (secondary N) is 1. The van der Waals surface area contributed by atoms with Crippen LogP contribution in [-0.2, 0) is 4.79 Å². The van der Waals surface area contributed by atoms with Crippen LogP contribution in [0.4, 0.5) is 9.52 Å². The Hall–Kier alpha value is -2.21. The maximum atomic E-state index is 13.9. The number of hydrogen-bond donors (Lipinski definition) is 2. The average molecular weight is 292 g/mol. The van der Waals surface area contributed by atoms with Gasteiger partial charge in [0.15, 0.2) is 5.13 Å². The summed E-state index contributed by atoms with van der Waals surface area (Å²) in [7, 11) is 1.71. The summed E-state index contributed by atoms with van der Waals surface area (Å²) in [6.45, 7) is 1.67. The monoisotopic (exact) mass is 292 g/mol. The number of thiazole rings is 1. The van der Waals surface area contributed by atoms with Crippen molar-refractivity contribution in [1.29, 1.82) is 0 Å². The molecule has 0 atom stereocenters. The summed E-state index contributed by atoms with van der Waals surface area (Å²) in [5.74, 6) is -1.42. The van der Waals surface area contributed by atoms with E-state index in [4.69, 9.17) is 5.11 Å². The summed E-state index contributed by atoms with van der Waals surface area (Å²) in [5, 5.41) is 12.3. The van der Waals surface area contributed by atoms with Gasteiger partial charge in [0, 0.05) is 18.7 Å². The second-order valence-corrected chi connectivity index (χ2v) is 5.09. The van der Waals surface area contributed by atoms with E-state index in [9.17, 15) is 9.18 Å². The largest absolute Gasteiger partial charge is 0.478 e. The number of carboxylic acids is 1. The van der Waals surface area contributed by atoms with Gasteiger partial charge in [0.2, 0.25) is 0 Å². The highest BCUT2D eigenvalue weighted by Gasteiger charge is 2.17. The summed E-state index contributed by atoms with van der Waals surface area (Å²) < 4.78 is 13.9. The van der Waals surface area contributed by atoms with Gasteiger partial charge in [-0.3, -0.25) is 0 Å². The number of halogens is 1. The highest BCUT2D eigenvalue weighted by molar-refractivity contribution is 7.17. The molecule has 0 aliphatic heterocycles. The smallest absolute Gasteiger partial charge is 0.328 e. The topological polar surface area (TPSA) is 62.2 Å². The number of aliphatic carboxylic acids is 1. The van der Waals surface area contributed by atoms with E-state index >= 15 is 0 Å². The Morgan fingerprint density at radius 3 is 2.75 bits per heavy atom. The second kappa shape index (κ2) is 5.83. The van der Waals surface area contributed by atoms with Gasteiger partial charge in [0.1, 0.15) is 5.82 Å². The minimum atomic E-state index is -1.04. The van der Waals surface area contributed by atoms with Crippen molar-refractivity contribution >= 4 is 28.0 Å². The van der Waals surface area contributed by atoms with E-state index < -0.39 is 5.97 Å². The molecule has 0 fully saturated rings. The number of allylic oxidation sites excluding steroid dienone is 1. The van der Waals surface area contributed by atoms with Crippen molar-refractivity contribution in [3.05, 3.63) is 41.0 Å². The zero-order valence-electron chi connectivity index (χ0n) is 11.0. The van der Waals surface area contributed by atoms with Gasteiger partial charge in [-0.25, -0.2) is 14.2 Å². The molecule has 0 saturated carbocycles. The van der Waals surface area contributed by atoms with Crippen molar-refractivity contribution < 1.29 is 14.3 Å². The Bertz CT molecular complexity index is 680. The van der Waals surface area contributed by atoms with E-state index in [2.05, 4.69) is 10.3 Å². The molecule has 1 aromatic carbocycles. The Labute approximate surface area is 119 Å². The first kappa shape index (κ1) is 14.2. The summed E-state index contributed by atoms with van der Waals surface area (Å²) in [6, 6.07) is 6.30. The SMILES string of the molecule is CNc1nc(-c2ccccc2F)c(/C(C)=C/C(=O)O)s1. The molecule has 0 bridgehead atoms. The average Bonchev–Trinajstić information content (AvgIpc) is 2.82. The first-order valence-corrected chi connectivity index (χ1v) is 6.69. The lowest BCUT2D eigenvalue weighted by Gasteiger charge is -2.03. The van der Waals surface area contributed by atoms with E-state index in [1.54, 1.807) is 32.2 Å². The third-order valence-corrected chi connectivity index (χ3v) is 3.88. The fraction of sp³-hybridized carbons (Fsp3) is 0.143. The van der Waals surface area contributed by atoms with Crippen LogP contribution in [0.25, 0.3) is 16.8 Å². The van der Waals surface area contributed by atoms with E-state index in [0.29, 0.717) is 26.8 Å². The van der Waals surface area contributed by atoms with Gasteiger partial charge in [-0.2, -0.15) is 0 Å². The fourth-order valence-corrected chi connectivity index (χ4v) is 2.69. The predicted molar refractivity (Wildman–Crippen MR) is 78.3 cm³/mol. The molecule has 2 aromatic rings. The predicted octanol–water partition coefficient (Wildman–Crippen LogP) is 3.48. The molecular weight excluding hydrogens is 279 g/mol. The molecule has 2 N–H and O–H groups in total. The maximum Gasteiger partial charge on any atom is 0.328 e. The van der Waals surface area contributed by atoms with E-state index in [1.165, 1.54) is 17.4 Å². The number of hydrogen-bond acceptors (Lipinski definition) is 4. The van der Waals surface area contributed by atoms with Gasteiger partial charge in [0.25, 0.3) is 0 Å². The van der Waals surface area contributed by atoms with Crippen molar-refractivity contribution in [1.82, 2.24) is 4.98 Å². The normalized spacial score (nSPS) is 11.4. The van der Waals surface area contributed by atoms with Crippen molar-refractivity contribution in [3.8, 4) is 11.3 Å². The lowest BCUT2D eigenvalue weighted by Crippen LogP contribution is -1.92. The molecule has 20 heavy (non-hydrogen) atoms. The molecule has 1 heterocycles. The van der Waals surface area contributed by atoms with Crippen LogP contribution < -0.4 is 5.32 Å². The molecule has 6 heteroatoms. The molecule has 0 aliphatic carbocycles. The molecule has 104 valence electrons. The van der Waals surface area contributed by atoms with E-state index in [0.717, 1.165) is 6.08 Å². The summed E-state index contributed by atoms with van der Waals surface area (Å²) in [4.78, 5) is 15.8. The van der Waals surface area contributed by atoms with Gasteiger partial charge in [-0.05, 0) is 24.6 Å². The molecule has 0 saturated heterocycles. The quantitative estimate of drug-likeness (QED) is 0.847. The van der Waals surface area contributed by atoms with Crippen molar-refractivity contribution in [2.45, 2.75) is 6.92 Å². The number of nitrogens with zero attached hydrogens (tertiary/aromatic N) is 1. The standard InChI is InChI=1S/C14H13FN2O2S/c1-8(7-11(18)19)13-12(17-14(16-2)20-13)9-5-3-4-6-10(9)15/h3-7H,1-2H3,(H,16,17)(H,18,19)/b8-7+. The lowest BCUT2D eigenvalue weighted by atomic mass is 10.1. The van der Waals surface area contributed by atoms with Crippen LogP contribution in [-0.4, -0.2) is 23.1 Å². The van der Waals surface area contributed by atoms with Crippen LogP contribution in [0.15, 0.2) is 30.3 Å². The Kier molecular flexibility index (Phi) is 4.14. The Morgan fingerprint density at radius 1 is 1.45 bits per heavy atom. The summed E-state index contributed by atoms with van der Waals surface area (Å²) in [6.07, 6.45) is 1.09. The number of carbonyl (C=O) groups is 1. The van der Waals surface area contributed by atoms with E-state index in [-0.39, 0.29) is 5.82 Å². The molecule has 0 aliphatic rings. The molecule has 2 rings (SSSR count). The third kappa shape index (κ3) is 2.85. The van der Waals surface area contributed by atoms with Gasteiger partial charge >= 0.3 is 5.97 Å².